The highest BCUT2D eigenvalue weighted by molar-refractivity contribution is 6.09. The zero-order valence-corrected chi connectivity index (χ0v) is 12.1. The Kier molecular flexibility index (Phi) is 3.70. The minimum absolute atomic E-state index is 0.144. The summed E-state index contributed by atoms with van der Waals surface area (Å²) in [6.07, 6.45) is 3.33. The largest absolute Gasteiger partial charge is 0.352 e. The number of fused-ring (bicyclic) bond motifs is 1. The number of benzene rings is 1. The summed E-state index contributed by atoms with van der Waals surface area (Å²) in [4.78, 5) is 29.0. The number of amides is 1. The van der Waals surface area contributed by atoms with E-state index in [1.54, 1.807) is 41.1 Å². The number of aromatic nitrogens is 2. The van der Waals surface area contributed by atoms with Crippen LogP contribution in [0, 0.1) is 0 Å². The number of carbonyl (C=O) groups excluding carboxylic acids is 2. The molecule has 0 radical (unpaired) electrons. The first-order chi connectivity index (χ1) is 10.7. The summed E-state index contributed by atoms with van der Waals surface area (Å²) in [5.41, 5.74) is 2.00. The summed E-state index contributed by atoms with van der Waals surface area (Å²) >= 11 is 0. The van der Waals surface area contributed by atoms with Crippen LogP contribution in [0.15, 0.2) is 54.9 Å². The lowest BCUT2D eigenvalue weighted by Gasteiger charge is -2.08. The number of carbonyl (C=O) groups is 2. The van der Waals surface area contributed by atoms with Crippen LogP contribution in [0.1, 0.15) is 33.3 Å². The third-order valence-corrected chi connectivity index (χ3v) is 3.37. The fraction of sp³-hybridized carbons (Fsp3) is 0.118. The molecule has 22 heavy (non-hydrogen) atoms. The van der Waals surface area contributed by atoms with E-state index in [2.05, 4.69) is 10.3 Å². The molecule has 2 heterocycles. The molecule has 3 aromatic rings. The highest BCUT2D eigenvalue weighted by Crippen LogP contribution is 2.15. The Morgan fingerprint density at radius 1 is 1.14 bits per heavy atom. The molecule has 0 fully saturated rings. The topological polar surface area (TPSA) is 63.5 Å². The predicted octanol–water partition coefficient (Wildman–Crippen LogP) is 2.32. The number of rotatable bonds is 4. The van der Waals surface area contributed by atoms with Crippen molar-refractivity contribution in [3.63, 3.8) is 0 Å². The van der Waals surface area contributed by atoms with E-state index in [0.29, 0.717) is 29.0 Å². The van der Waals surface area contributed by atoms with E-state index in [9.17, 15) is 9.59 Å². The highest BCUT2D eigenvalue weighted by atomic mass is 16.1. The van der Waals surface area contributed by atoms with E-state index >= 15 is 0 Å². The molecule has 0 spiro atoms. The van der Waals surface area contributed by atoms with E-state index in [4.69, 9.17) is 0 Å². The van der Waals surface area contributed by atoms with Crippen LogP contribution in [0.25, 0.3) is 5.65 Å². The zero-order valence-electron chi connectivity index (χ0n) is 12.1. The first-order valence-corrected chi connectivity index (χ1v) is 7.05. The molecule has 0 unspecified atom stereocenters. The minimum Gasteiger partial charge on any atom is -0.352 e. The quantitative estimate of drug-likeness (QED) is 0.751. The van der Waals surface area contributed by atoms with Crippen molar-refractivity contribution in [1.29, 1.82) is 0 Å². The van der Waals surface area contributed by atoms with Gasteiger partial charge in [-0.05, 0) is 19.1 Å². The van der Waals surface area contributed by atoms with Crippen LogP contribution in [0.2, 0.25) is 0 Å². The Morgan fingerprint density at radius 3 is 2.64 bits per heavy atom. The SMILES string of the molecule is CCNC(=O)c1cc(C(=O)c2ccccc2)n2ccnc2c1. The Bertz CT molecular complexity index is 837. The number of hydrogen-bond donors (Lipinski definition) is 1. The Hall–Kier alpha value is -2.95. The van der Waals surface area contributed by atoms with Gasteiger partial charge in [-0.25, -0.2) is 4.98 Å². The van der Waals surface area contributed by atoms with Crippen LogP contribution in [0.5, 0.6) is 0 Å². The predicted molar refractivity (Wildman–Crippen MR) is 83.1 cm³/mol. The Labute approximate surface area is 127 Å². The van der Waals surface area contributed by atoms with Gasteiger partial charge in [0.15, 0.2) is 0 Å². The maximum atomic E-state index is 12.7. The number of imidazole rings is 1. The summed E-state index contributed by atoms with van der Waals surface area (Å²) in [5, 5.41) is 2.74. The van der Waals surface area contributed by atoms with E-state index in [1.165, 1.54) is 0 Å². The summed E-state index contributed by atoms with van der Waals surface area (Å²) in [5.74, 6) is -0.357. The van der Waals surface area contributed by atoms with Crippen molar-refractivity contribution in [1.82, 2.24) is 14.7 Å². The fourth-order valence-electron chi connectivity index (χ4n) is 2.33. The van der Waals surface area contributed by atoms with Crippen molar-refractivity contribution < 1.29 is 9.59 Å². The first kappa shape index (κ1) is 14.0. The zero-order chi connectivity index (χ0) is 15.5. The Balaban J connectivity index is 2.13. The van der Waals surface area contributed by atoms with E-state index < -0.39 is 0 Å². The number of hydrogen-bond acceptors (Lipinski definition) is 3. The van der Waals surface area contributed by atoms with Crippen molar-refractivity contribution in [2.24, 2.45) is 0 Å². The molecule has 0 saturated carbocycles. The van der Waals surface area contributed by atoms with Gasteiger partial charge in [-0.3, -0.25) is 14.0 Å². The molecule has 0 aliphatic rings. The van der Waals surface area contributed by atoms with Crippen LogP contribution in [0.4, 0.5) is 0 Å². The molecule has 0 aliphatic heterocycles. The lowest BCUT2D eigenvalue weighted by atomic mass is 10.1. The summed E-state index contributed by atoms with van der Waals surface area (Å²) in [6, 6.07) is 12.3. The second-order valence-electron chi connectivity index (χ2n) is 4.84. The molecule has 1 N–H and O–H groups in total. The van der Waals surface area contributed by atoms with Crippen LogP contribution in [-0.2, 0) is 0 Å². The average Bonchev–Trinajstić information content (AvgIpc) is 3.02. The van der Waals surface area contributed by atoms with Gasteiger partial charge in [0.05, 0.1) is 5.69 Å². The summed E-state index contributed by atoms with van der Waals surface area (Å²) in [7, 11) is 0. The fourth-order valence-corrected chi connectivity index (χ4v) is 2.33. The smallest absolute Gasteiger partial charge is 0.251 e. The number of pyridine rings is 1. The third kappa shape index (κ3) is 2.48. The van der Waals surface area contributed by atoms with Crippen molar-refractivity contribution in [2.45, 2.75) is 6.92 Å². The molecule has 1 amide bonds. The van der Waals surface area contributed by atoms with Gasteiger partial charge < -0.3 is 5.32 Å². The van der Waals surface area contributed by atoms with Crippen LogP contribution in [0.3, 0.4) is 0 Å². The standard InChI is InChI=1S/C17H15N3O2/c1-2-18-17(22)13-10-14(20-9-8-19-15(20)11-13)16(21)12-6-4-3-5-7-12/h3-11H,2H2,1H3,(H,18,22). The molecule has 0 aliphatic carbocycles. The van der Waals surface area contributed by atoms with Crippen molar-refractivity contribution >= 4 is 17.3 Å². The molecule has 5 nitrogen and oxygen atoms in total. The van der Waals surface area contributed by atoms with Gasteiger partial charge in [0.25, 0.3) is 5.91 Å². The third-order valence-electron chi connectivity index (χ3n) is 3.37. The lowest BCUT2D eigenvalue weighted by Crippen LogP contribution is -2.23. The first-order valence-electron chi connectivity index (χ1n) is 7.05. The second-order valence-corrected chi connectivity index (χ2v) is 4.84. The number of nitrogens with zero attached hydrogens (tertiary/aromatic N) is 2. The van der Waals surface area contributed by atoms with Gasteiger partial charge in [0, 0.05) is 30.1 Å². The normalized spacial score (nSPS) is 10.6. The van der Waals surface area contributed by atoms with Gasteiger partial charge >= 0.3 is 0 Å². The van der Waals surface area contributed by atoms with Gasteiger partial charge in [0.1, 0.15) is 5.65 Å². The van der Waals surface area contributed by atoms with Gasteiger partial charge in [-0.2, -0.15) is 0 Å². The van der Waals surface area contributed by atoms with Crippen molar-refractivity contribution in [3.8, 4) is 0 Å². The van der Waals surface area contributed by atoms with Gasteiger partial charge in [0.2, 0.25) is 5.78 Å². The van der Waals surface area contributed by atoms with Crippen molar-refractivity contribution in [3.05, 3.63) is 71.7 Å². The maximum Gasteiger partial charge on any atom is 0.251 e. The Morgan fingerprint density at radius 2 is 1.91 bits per heavy atom. The molecule has 5 heteroatoms. The molecule has 0 saturated heterocycles. The van der Waals surface area contributed by atoms with Crippen LogP contribution < -0.4 is 5.32 Å². The maximum absolute atomic E-state index is 12.7. The number of ketones is 1. The average molecular weight is 293 g/mol. The van der Waals surface area contributed by atoms with E-state index in [-0.39, 0.29) is 11.7 Å². The second kappa shape index (κ2) is 5.81. The minimum atomic E-state index is -0.213. The highest BCUT2D eigenvalue weighted by Gasteiger charge is 2.16. The van der Waals surface area contributed by atoms with E-state index in [1.807, 2.05) is 25.1 Å². The van der Waals surface area contributed by atoms with Crippen molar-refractivity contribution in [2.75, 3.05) is 6.54 Å². The molecule has 3 rings (SSSR count). The molecule has 0 bridgehead atoms. The molecule has 2 aromatic heterocycles. The molecule has 1 aromatic carbocycles. The summed E-state index contributed by atoms with van der Waals surface area (Å²) in [6.45, 7) is 2.38. The van der Waals surface area contributed by atoms with Gasteiger partial charge in [-0.1, -0.05) is 30.3 Å². The molecular weight excluding hydrogens is 278 g/mol. The monoisotopic (exact) mass is 293 g/mol. The molecule has 0 atom stereocenters. The van der Waals surface area contributed by atoms with E-state index in [0.717, 1.165) is 0 Å². The summed E-state index contributed by atoms with van der Waals surface area (Å²) < 4.78 is 1.69. The lowest BCUT2D eigenvalue weighted by molar-refractivity contribution is 0.0956. The van der Waals surface area contributed by atoms with Crippen LogP contribution in [-0.4, -0.2) is 27.6 Å². The van der Waals surface area contributed by atoms with Crippen LogP contribution >= 0.6 is 0 Å². The number of nitrogens with one attached hydrogen (secondary N) is 1. The molecule has 110 valence electrons. The molecular formula is C17H15N3O2. The van der Waals surface area contributed by atoms with Gasteiger partial charge in [-0.15, -0.1) is 0 Å².